The Bertz CT molecular complexity index is 1890. The van der Waals surface area contributed by atoms with Crippen LogP contribution in [-0.2, 0) is 5.41 Å². The number of aromatic nitrogens is 3. The molecule has 0 N–H and O–H groups in total. The van der Waals surface area contributed by atoms with Crippen LogP contribution in [0.15, 0.2) is 121 Å². The van der Waals surface area contributed by atoms with Crippen LogP contribution in [0.2, 0.25) is 0 Å². The van der Waals surface area contributed by atoms with Crippen molar-refractivity contribution in [1.82, 2.24) is 15.0 Å². The maximum atomic E-state index is 9.18. The summed E-state index contributed by atoms with van der Waals surface area (Å²) in [6, 6.07) is 43.4. The fourth-order valence-corrected chi connectivity index (χ4v) is 5.73. The van der Waals surface area contributed by atoms with Gasteiger partial charge in [0.1, 0.15) is 0 Å². The van der Waals surface area contributed by atoms with Crippen molar-refractivity contribution in [3.8, 4) is 62.5 Å². The molecule has 0 spiro atoms. The second-order valence-corrected chi connectivity index (χ2v) is 10.9. The Hall–Kier alpha value is -5.40. The predicted octanol–water partition coefficient (Wildman–Crippen LogP) is 8.72. The highest BCUT2D eigenvalue weighted by Crippen LogP contribution is 2.50. The van der Waals surface area contributed by atoms with Crippen LogP contribution >= 0.6 is 0 Å². The van der Waals surface area contributed by atoms with Crippen molar-refractivity contribution in [1.29, 1.82) is 5.26 Å². The first-order valence-corrected chi connectivity index (χ1v) is 13.7. The van der Waals surface area contributed by atoms with Crippen LogP contribution in [0.4, 0.5) is 0 Å². The molecule has 0 unspecified atom stereocenters. The molecule has 0 bridgehead atoms. The average Bonchev–Trinajstić information content (AvgIpc) is 3.27. The van der Waals surface area contributed by atoms with Gasteiger partial charge in [-0.25, -0.2) is 15.0 Å². The fourth-order valence-electron chi connectivity index (χ4n) is 5.73. The number of hydrogen-bond donors (Lipinski definition) is 0. The van der Waals surface area contributed by atoms with Gasteiger partial charge in [0.2, 0.25) is 0 Å². The number of nitriles is 1. The quantitative estimate of drug-likeness (QED) is 0.230. The van der Waals surface area contributed by atoms with Gasteiger partial charge >= 0.3 is 0 Å². The molecule has 7 rings (SSSR count). The smallest absolute Gasteiger partial charge is 0.164 e. The van der Waals surface area contributed by atoms with E-state index in [-0.39, 0.29) is 5.41 Å². The van der Waals surface area contributed by atoms with Gasteiger partial charge in [0.15, 0.2) is 17.5 Å². The first kappa shape index (κ1) is 24.6. The first-order chi connectivity index (χ1) is 20.0. The number of rotatable bonds is 4. The van der Waals surface area contributed by atoms with Crippen molar-refractivity contribution in [2.75, 3.05) is 0 Å². The van der Waals surface area contributed by atoms with Crippen molar-refractivity contribution < 1.29 is 0 Å². The third-order valence-electron chi connectivity index (χ3n) is 7.98. The molecule has 1 aromatic heterocycles. The molecule has 1 heterocycles. The molecule has 6 aromatic rings. The Labute approximate surface area is 239 Å². The molecule has 4 nitrogen and oxygen atoms in total. The number of fused-ring (bicyclic) bond motifs is 3. The van der Waals surface area contributed by atoms with E-state index in [0.29, 0.717) is 23.0 Å². The van der Waals surface area contributed by atoms with Crippen LogP contribution in [0.25, 0.3) is 56.4 Å². The van der Waals surface area contributed by atoms with Crippen molar-refractivity contribution in [3.63, 3.8) is 0 Å². The first-order valence-electron chi connectivity index (χ1n) is 13.7. The zero-order valence-corrected chi connectivity index (χ0v) is 22.8. The van der Waals surface area contributed by atoms with E-state index in [4.69, 9.17) is 15.0 Å². The van der Waals surface area contributed by atoms with E-state index in [1.807, 2.05) is 84.9 Å². The van der Waals surface area contributed by atoms with E-state index in [1.54, 1.807) is 0 Å². The van der Waals surface area contributed by atoms with Gasteiger partial charge in [-0.3, -0.25) is 0 Å². The average molecular weight is 527 g/mol. The van der Waals surface area contributed by atoms with Gasteiger partial charge in [0, 0.05) is 22.1 Å². The van der Waals surface area contributed by atoms with Crippen molar-refractivity contribution in [2.24, 2.45) is 0 Å². The SMILES string of the molecule is CC1(C)c2cc(-c3ccc(C#N)cc3)ccc2-c2ccc(-c3nc(-c4ccccc4)nc(-c4ccccc4)n3)cc21. The molecule has 0 amide bonds. The minimum absolute atomic E-state index is 0.208. The van der Waals surface area contributed by atoms with Gasteiger partial charge < -0.3 is 0 Å². The standard InChI is InChI=1S/C37H26N4/c1-37(2)32-21-28(25-15-13-24(23-38)14-16-25)17-19-30(32)31-20-18-29(22-33(31)37)36-40-34(26-9-5-3-6-10-26)39-35(41-36)27-11-7-4-8-12-27/h3-22H,1-2H3. The van der Waals surface area contributed by atoms with Crippen LogP contribution in [0.3, 0.4) is 0 Å². The van der Waals surface area contributed by atoms with E-state index in [0.717, 1.165) is 27.8 Å². The minimum atomic E-state index is -0.208. The summed E-state index contributed by atoms with van der Waals surface area (Å²) in [6.07, 6.45) is 0. The summed E-state index contributed by atoms with van der Waals surface area (Å²) in [5, 5.41) is 9.18. The molecule has 194 valence electrons. The summed E-state index contributed by atoms with van der Waals surface area (Å²) in [5.74, 6) is 1.97. The highest BCUT2D eigenvalue weighted by Gasteiger charge is 2.36. The normalized spacial score (nSPS) is 12.8. The largest absolute Gasteiger partial charge is 0.208 e. The molecule has 1 aliphatic carbocycles. The lowest BCUT2D eigenvalue weighted by Crippen LogP contribution is -2.15. The zero-order valence-electron chi connectivity index (χ0n) is 22.8. The summed E-state index contributed by atoms with van der Waals surface area (Å²) < 4.78 is 0. The van der Waals surface area contributed by atoms with Crippen LogP contribution in [0.5, 0.6) is 0 Å². The predicted molar refractivity (Wildman–Crippen MR) is 164 cm³/mol. The number of hydrogen-bond acceptors (Lipinski definition) is 4. The van der Waals surface area contributed by atoms with E-state index < -0.39 is 0 Å². The Kier molecular flexibility index (Phi) is 5.80. The fraction of sp³-hybridized carbons (Fsp3) is 0.0811. The highest BCUT2D eigenvalue weighted by molar-refractivity contribution is 5.85. The molecule has 1 aliphatic rings. The van der Waals surface area contributed by atoms with Crippen molar-refractivity contribution >= 4 is 0 Å². The zero-order chi connectivity index (χ0) is 28.0. The van der Waals surface area contributed by atoms with Gasteiger partial charge in [-0.2, -0.15) is 5.26 Å². The topological polar surface area (TPSA) is 62.5 Å². The maximum Gasteiger partial charge on any atom is 0.164 e. The lowest BCUT2D eigenvalue weighted by atomic mass is 9.81. The monoisotopic (exact) mass is 526 g/mol. The molecule has 0 saturated carbocycles. The maximum absolute atomic E-state index is 9.18. The highest BCUT2D eigenvalue weighted by atomic mass is 15.0. The van der Waals surface area contributed by atoms with Crippen LogP contribution in [0.1, 0.15) is 30.5 Å². The Morgan fingerprint density at radius 3 is 1.44 bits per heavy atom. The summed E-state index contributed by atoms with van der Waals surface area (Å²) in [5.41, 5.74) is 10.6. The van der Waals surface area contributed by atoms with E-state index in [2.05, 4.69) is 56.3 Å². The minimum Gasteiger partial charge on any atom is -0.208 e. The van der Waals surface area contributed by atoms with E-state index >= 15 is 0 Å². The molecule has 0 atom stereocenters. The van der Waals surface area contributed by atoms with Crippen LogP contribution < -0.4 is 0 Å². The Balaban J connectivity index is 1.33. The lowest BCUT2D eigenvalue weighted by molar-refractivity contribution is 0.661. The molecule has 4 heteroatoms. The number of nitrogens with zero attached hydrogens (tertiary/aromatic N) is 4. The lowest BCUT2D eigenvalue weighted by Gasteiger charge is -2.22. The Morgan fingerprint density at radius 1 is 0.488 bits per heavy atom. The van der Waals surface area contributed by atoms with E-state index in [1.165, 1.54) is 22.3 Å². The second-order valence-electron chi connectivity index (χ2n) is 10.9. The van der Waals surface area contributed by atoms with Gasteiger partial charge in [-0.1, -0.05) is 111 Å². The summed E-state index contributed by atoms with van der Waals surface area (Å²) in [6.45, 7) is 4.56. The van der Waals surface area contributed by atoms with Crippen molar-refractivity contribution in [2.45, 2.75) is 19.3 Å². The van der Waals surface area contributed by atoms with Crippen LogP contribution in [0, 0.1) is 11.3 Å². The van der Waals surface area contributed by atoms with Crippen LogP contribution in [-0.4, -0.2) is 15.0 Å². The molecular weight excluding hydrogens is 500 g/mol. The van der Waals surface area contributed by atoms with Gasteiger partial charge in [-0.15, -0.1) is 0 Å². The molecule has 0 aliphatic heterocycles. The number of benzene rings is 5. The molecule has 41 heavy (non-hydrogen) atoms. The second kappa shape index (κ2) is 9.66. The third-order valence-corrected chi connectivity index (χ3v) is 7.98. The third kappa shape index (κ3) is 4.29. The molecular formula is C37H26N4. The summed E-state index contributed by atoms with van der Waals surface area (Å²) in [7, 11) is 0. The van der Waals surface area contributed by atoms with Gasteiger partial charge in [0.25, 0.3) is 0 Å². The van der Waals surface area contributed by atoms with Gasteiger partial charge in [-0.05, 0) is 57.6 Å². The summed E-state index contributed by atoms with van der Waals surface area (Å²) in [4.78, 5) is 14.7. The molecule has 0 fully saturated rings. The molecule has 0 radical (unpaired) electrons. The molecule has 0 saturated heterocycles. The summed E-state index contributed by atoms with van der Waals surface area (Å²) >= 11 is 0. The van der Waals surface area contributed by atoms with E-state index in [9.17, 15) is 5.26 Å². The Morgan fingerprint density at radius 2 is 0.927 bits per heavy atom. The molecule has 5 aromatic carbocycles. The van der Waals surface area contributed by atoms with Crippen molar-refractivity contribution in [3.05, 3.63) is 138 Å². The van der Waals surface area contributed by atoms with Gasteiger partial charge in [0.05, 0.1) is 11.6 Å².